The second-order valence-electron chi connectivity index (χ2n) is 5.97. The normalized spacial score (nSPS) is 10.7. The van der Waals surface area contributed by atoms with E-state index in [9.17, 15) is 9.90 Å². The van der Waals surface area contributed by atoms with E-state index in [2.05, 4.69) is 24.0 Å². The van der Waals surface area contributed by atoms with Crippen LogP contribution in [0.3, 0.4) is 0 Å². The van der Waals surface area contributed by atoms with Gasteiger partial charge in [-0.2, -0.15) is 0 Å². The zero-order chi connectivity index (χ0) is 18.5. The molecule has 0 radical (unpaired) electrons. The molecule has 0 fully saturated rings. The Hall–Kier alpha value is -2.66. The summed E-state index contributed by atoms with van der Waals surface area (Å²) < 4.78 is 5.88. The van der Waals surface area contributed by atoms with Gasteiger partial charge in [-0.25, -0.2) is 9.78 Å². The number of rotatable bonds is 7. The summed E-state index contributed by atoms with van der Waals surface area (Å²) in [6, 6.07) is 15.7. The van der Waals surface area contributed by atoms with Gasteiger partial charge in [0.05, 0.1) is 5.69 Å². The second-order valence-corrected chi connectivity index (χ2v) is 6.97. The summed E-state index contributed by atoms with van der Waals surface area (Å²) in [5, 5.41) is 9.99. The van der Waals surface area contributed by atoms with Crippen molar-refractivity contribution in [2.45, 2.75) is 33.1 Å². The lowest BCUT2D eigenvalue weighted by Crippen LogP contribution is -1.97. The van der Waals surface area contributed by atoms with Gasteiger partial charge in [-0.05, 0) is 54.8 Å². The molecule has 0 saturated heterocycles. The summed E-state index contributed by atoms with van der Waals surface area (Å²) in [4.78, 5) is 16.1. The van der Waals surface area contributed by atoms with Gasteiger partial charge in [-0.15, -0.1) is 11.3 Å². The van der Waals surface area contributed by atoms with Crippen molar-refractivity contribution in [2.75, 3.05) is 0 Å². The van der Waals surface area contributed by atoms with Crippen molar-refractivity contribution in [3.05, 3.63) is 64.7 Å². The number of hydrogen-bond acceptors (Lipinski definition) is 4. The first-order valence-corrected chi connectivity index (χ1v) is 9.52. The van der Waals surface area contributed by atoms with Crippen LogP contribution >= 0.6 is 11.3 Å². The van der Waals surface area contributed by atoms with Crippen LogP contribution < -0.4 is 4.74 Å². The Kier molecular flexibility index (Phi) is 5.68. The third-order valence-corrected chi connectivity index (χ3v) is 5.16. The van der Waals surface area contributed by atoms with Gasteiger partial charge in [0.2, 0.25) is 0 Å². The summed E-state index contributed by atoms with van der Waals surface area (Å²) in [5.41, 5.74) is 2.83. The fourth-order valence-corrected chi connectivity index (χ4v) is 3.69. The lowest BCUT2D eigenvalue weighted by Gasteiger charge is -2.07. The molecule has 0 unspecified atom stereocenters. The van der Waals surface area contributed by atoms with Crippen LogP contribution in [0.15, 0.2) is 48.5 Å². The first kappa shape index (κ1) is 18.1. The monoisotopic (exact) mass is 367 g/mol. The highest BCUT2D eigenvalue weighted by atomic mass is 32.1. The molecule has 3 aromatic rings. The van der Waals surface area contributed by atoms with Crippen molar-refractivity contribution < 1.29 is 14.6 Å². The second kappa shape index (κ2) is 8.15. The third kappa shape index (κ3) is 4.11. The maximum Gasteiger partial charge on any atom is 0.347 e. The van der Waals surface area contributed by atoms with Crippen molar-refractivity contribution in [3.63, 3.8) is 0 Å². The van der Waals surface area contributed by atoms with Gasteiger partial charge in [0.15, 0.2) is 0 Å². The maximum atomic E-state index is 11.3. The van der Waals surface area contributed by atoms with Gasteiger partial charge in [0.1, 0.15) is 21.4 Å². The lowest BCUT2D eigenvalue weighted by atomic mass is 10.1. The van der Waals surface area contributed by atoms with Gasteiger partial charge >= 0.3 is 5.97 Å². The molecule has 1 aromatic heterocycles. The quantitative estimate of drug-likeness (QED) is 0.572. The van der Waals surface area contributed by atoms with E-state index in [1.165, 1.54) is 16.9 Å². The molecule has 0 saturated carbocycles. The van der Waals surface area contributed by atoms with Crippen LogP contribution in [0.5, 0.6) is 11.5 Å². The van der Waals surface area contributed by atoms with Gasteiger partial charge in [-0.3, -0.25) is 0 Å². The van der Waals surface area contributed by atoms with E-state index < -0.39 is 5.97 Å². The van der Waals surface area contributed by atoms with E-state index in [1.807, 2.05) is 43.3 Å². The number of carboxylic acid groups (broad SMARTS) is 1. The molecule has 0 atom stereocenters. The zero-order valence-electron chi connectivity index (χ0n) is 14.9. The van der Waals surface area contributed by atoms with E-state index in [0.29, 0.717) is 17.0 Å². The Bertz CT molecular complexity index is 883. The summed E-state index contributed by atoms with van der Waals surface area (Å²) >= 11 is 1.21. The van der Waals surface area contributed by atoms with E-state index in [1.54, 1.807) is 0 Å². The zero-order valence-corrected chi connectivity index (χ0v) is 15.7. The number of nitrogens with zero attached hydrogens (tertiary/aromatic N) is 1. The van der Waals surface area contributed by atoms with E-state index >= 15 is 0 Å². The van der Waals surface area contributed by atoms with Crippen LogP contribution in [0.2, 0.25) is 0 Å². The number of aromatic nitrogens is 1. The van der Waals surface area contributed by atoms with Crippen LogP contribution in [-0.4, -0.2) is 16.1 Å². The first-order valence-electron chi connectivity index (χ1n) is 8.71. The minimum atomic E-state index is -0.919. The first-order chi connectivity index (χ1) is 12.6. The number of aromatic carboxylic acids is 1. The van der Waals surface area contributed by atoms with Crippen LogP contribution in [0, 0.1) is 0 Å². The topological polar surface area (TPSA) is 59.4 Å². The number of benzene rings is 2. The molecule has 1 N–H and O–H groups in total. The van der Waals surface area contributed by atoms with Gasteiger partial charge in [0, 0.05) is 5.56 Å². The summed E-state index contributed by atoms with van der Waals surface area (Å²) in [7, 11) is 0. The van der Waals surface area contributed by atoms with Crippen LogP contribution in [-0.2, 0) is 12.8 Å². The van der Waals surface area contributed by atoms with Crippen LogP contribution in [0.4, 0.5) is 0 Å². The molecule has 4 nitrogen and oxygen atoms in total. The predicted molar refractivity (Wildman–Crippen MR) is 104 cm³/mol. The lowest BCUT2D eigenvalue weighted by molar-refractivity contribution is 0.0701. The van der Waals surface area contributed by atoms with Gasteiger partial charge in [-0.1, -0.05) is 32.4 Å². The Morgan fingerprint density at radius 1 is 1.04 bits per heavy atom. The molecule has 3 rings (SSSR count). The van der Waals surface area contributed by atoms with E-state index in [4.69, 9.17) is 4.74 Å². The van der Waals surface area contributed by atoms with Crippen molar-refractivity contribution in [1.82, 2.24) is 4.98 Å². The molecule has 26 heavy (non-hydrogen) atoms. The highest BCUT2D eigenvalue weighted by Crippen LogP contribution is 2.31. The van der Waals surface area contributed by atoms with Crippen LogP contribution in [0.1, 0.15) is 41.2 Å². The molecule has 0 aliphatic heterocycles. The number of aryl methyl sites for hydroxylation is 2. The molecular formula is C21H21NO3S. The largest absolute Gasteiger partial charge is 0.477 e. The molecule has 0 amide bonds. The number of ether oxygens (including phenoxy) is 1. The third-order valence-electron chi connectivity index (χ3n) is 4.03. The average molecular weight is 367 g/mol. The molecule has 0 aliphatic carbocycles. The Labute approximate surface area is 157 Å². The number of thiazole rings is 1. The summed E-state index contributed by atoms with van der Waals surface area (Å²) in [5.74, 6) is 0.619. The minimum absolute atomic E-state index is 0.315. The molecule has 0 bridgehead atoms. The van der Waals surface area contributed by atoms with Gasteiger partial charge in [0.25, 0.3) is 0 Å². The van der Waals surface area contributed by atoms with Crippen molar-refractivity contribution in [2.24, 2.45) is 0 Å². The SMILES string of the molecule is CCCc1ccc(Oc2ccc(-c3nc(CC)c(C(=O)O)s3)cc2)cc1. The molecule has 134 valence electrons. The molecule has 1 heterocycles. The van der Waals surface area contributed by atoms with Crippen LogP contribution in [0.25, 0.3) is 10.6 Å². The average Bonchev–Trinajstić information content (AvgIpc) is 3.09. The fourth-order valence-electron chi connectivity index (χ4n) is 2.70. The Morgan fingerprint density at radius 3 is 2.15 bits per heavy atom. The van der Waals surface area contributed by atoms with E-state index in [-0.39, 0.29) is 0 Å². The molecule has 0 spiro atoms. The van der Waals surface area contributed by atoms with E-state index in [0.717, 1.165) is 34.9 Å². The highest BCUT2D eigenvalue weighted by molar-refractivity contribution is 7.17. The Morgan fingerprint density at radius 2 is 1.65 bits per heavy atom. The van der Waals surface area contributed by atoms with Crippen molar-refractivity contribution in [3.8, 4) is 22.1 Å². The standard InChI is InChI=1S/C21H21NO3S/c1-3-5-14-6-10-16(11-7-14)25-17-12-8-15(9-13-17)20-22-18(4-2)19(26-20)21(23)24/h6-13H,3-5H2,1-2H3,(H,23,24). The number of carboxylic acids is 1. The number of carbonyl (C=O) groups is 1. The molecule has 5 heteroatoms. The molecule has 0 aliphatic rings. The van der Waals surface area contributed by atoms with Crippen molar-refractivity contribution >= 4 is 17.3 Å². The minimum Gasteiger partial charge on any atom is -0.477 e. The Balaban J connectivity index is 1.75. The number of hydrogen-bond donors (Lipinski definition) is 1. The predicted octanol–water partition coefficient (Wildman–Crippen LogP) is 5.82. The highest BCUT2D eigenvalue weighted by Gasteiger charge is 2.16. The fraction of sp³-hybridized carbons (Fsp3) is 0.238. The molecule has 2 aromatic carbocycles. The smallest absolute Gasteiger partial charge is 0.347 e. The van der Waals surface area contributed by atoms with Gasteiger partial charge < -0.3 is 9.84 Å². The maximum absolute atomic E-state index is 11.3. The summed E-state index contributed by atoms with van der Waals surface area (Å²) in [6.45, 7) is 4.07. The molecular weight excluding hydrogens is 346 g/mol. The van der Waals surface area contributed by atoms with Crippen molar-refractivity contribution in [1.29, 1.82) is 0 Å². The summed E-state index contributed by atoms with van der Waals surface area (Å²) in [6.07, 6.45) is 2.80.